The van der Waals surface area contributed by atoms with E-state index in [2.05, 4.69) is 67.5 Å². The summed E-state index contributed by atoms with van der Waals surface area (Å²) in [6, 6.07) is 13.9. The quantitative estimate of drug-likeness (QED) is 0.206. The molecule has 3 aliphatic rings. The minimum Gasteiger partial charge on any atom is -0.380 e. The number of piperidine rings is 2. The molecule has 0 saturated carbocycles. The zero-order valence-corrected chi connectivity index (χ0v) is 31.6. The largest absolute Gasteiger partial charge is 0.380 e. The van der Waals surface area contributed by atoms with Crippen molar-refractivity contribution >= 4 is 45.3 Å². The number of amides is 2. The molecule has 1 atom stereocenters. The van der Waals surface area contributed by atoms with Crippen LogP contribution in [0.2, 0.25) is 0 Å². The molecule has 15 heteroatoms. The number of imide groups is 1. The van der Waals surface area contributed by atoms with E-state index in [1.54, 1.807) is 28.2 Å². The van der Waals surface area contributed by atoms with Gasteiger partial charge >= 0.3 is 0 Å². The van der Waals surface area contributed by atoms with Crippen LogP contribution in [0.15, 0.2) is 55.0 Å². The maximum absolute atomic E-state index is 12.3. The van der Waals surface area contributed by atoms with Crippen molar-refractivity contribution in [1.82, 2.24) is 40.0 Å². The predicted molar refractivity (Wildman–Crippen MR) is 208 cm³/mol. The first-order valence-corrected chi connectivity index (χ1v) is 19.4. The number of hydrogen-bond donors (Lipinski definition) is 2. The number of pyridine rings is 2. The van der Waals surface area contributed by atoms with Gasteiger partial charge in [0, 0.05) is 75.9 Å². The first-order chi connectivity index (χ1) is 26.1. The van der Waals surface area contributed by atoms with Crippen LogP contribution in [0.3, 0.4) is 0 Å². The molecule has 3 fully saturated rings. The first kappa shape index (κ1) is 35.6. The number of piperazine rings is 1. The van der Waals surface area contributed by atoms with Crippen molar-refractivity contribution in [3.05, 3.63) is 66.1 Å². The lowest BCUT2D eigenvalue weighted by atomic mass is 9.91. The Hall–Kier alpha value is -5.46. The average Bonchev–Trinajstić information content (AvgIpc) is 3.83. The number of carbonyl (C=O) groups excluding carboxylic acids is 2. The molecule has 8 rings (SSSR count). The number of nitriles is 1. The fourth-order valence-electron chi connectivity index (χ4n) is 7.61. The number of hydrogen-bond acceptors (Lipinski definition) is 13. The number of nitrogens with one attached hydrogen (secondary N) is 2. The predicted octanol–water partition coefficient (Wildman–Crippen LogP) is 4.95. The van der Waals surface area contributed by atoms with Crippen molar-refractivity contribution in [2.75, 3.05) is 60.9 Å². The molecule has 0 radical (unpaired) electrons. The van der Waals surface area contributed by atoms with Crippen molar-refractivity contribution in [3.63, 3.8) is 0 Å². The molecule has 0 unspecified atom stereocenters. The third-order valence-corrected chi connectivity index (χ3v) is 11.5. The van der Waals surface area contributed by atoms with E-state index in [1.165, 1.54) is 0 Å². The Morgan fingerprint density at radius 3 is 2.46 bits per heavy atom. The van der Waals surface area contributed by atoms with Crippen LogP contribution >= 0.6 is 11.3 Å². The van der Waals surface area contributed by atoms with E-state index in [1.807, 2.05) is 42.6 Å². The molecule has 3 saturated heterocycles. The number of carbonyl (C=O) groups is 2. The molecule has 5 aromatic rings. The summed E-state index contributed by atoms with van der Waals surface area (Å²) in [6.45, 7) is 13.2. The van der Waals surface area contributed by atoms with Crippen LogP contribution in [0, 0.1) is 17.2 Å². The molecule has 3 aliphatic heterocycles. The van der Waals surface area contributed by atoms with E-state index in [0.29, 0.717) is 24.3 Å². The van der Waals surface area contributed by atoms with E-state index < -0.39 is 0 Å². The number of anilines is 3. The Bertz CT molecular complexity index is 2200. The highest BCUT2D eigenvalue weighted by atomic mass is 32.1. The van der Waals surface area contributed by atoms with Crippen molar-refractivity contribution in [1.29, 1.82) is 5.26 Å². The second-order valence-electron chi connectivity index (χ2n) is 15.5. The summed E-state index contributed by atoms with van der Waals surface area (Å²) in [5.41, 5.74) is 5.47. The number of aromatic nitrogens is 6. The van der Waals surface area contributed by atoms with Gasteiger partial charge in [-0.15, -0.1) is 10.2 Å². The van der Waals surface area contributed by atoms with Gasteiger partial charge in [0.05, 0.1) is 40.1 Å². The van der Waals surface area contributed by atoms with Crippen LogP contribution in [0.5, 0.6) is 0 Å². The number of nitrogens with zero attached hydrogens (tertiary/aromatic N) is 10. The molecular weight excluding hydrogens is 701 g/mol. The monoisotopic (exact) mass is 744 g/mol. The van der Waals surface area contributed by atoms with E-state index in [0.717, 1.165) is 108 Å². The molecule has 278 valence electrons. The summed E-state index contributed by atoms with van der Waals surface area (Å²) < 4.78 is 1.81. The molecule has 0 aliphatic carbocycles. The molecule has 5 aromatic heterocycles. The third kappa shape index (κ3) is 7.62. The molecular formula is C39H44N12O2S. The van der Waals surface area contributed by atoms with Crippen molar-refractivity contribution in [3.8, 4) is 28.0 Å². The fraction of sp³-hybridized carbons (Fsp3) is 0.436. The Labute approximate surface area is 318 Å². The summed E-state index contributed by atoms with van der Waals surface area (Å²) in [5, 5.41) is 30.9. The van der Waals surface area contributed by atoms with Gasteiger partial charge in [-0.3, -0.25) is 24.8 Å². The zero-order valence-electron chi connectivity index (χ0n) is 30.8. The third-order valence-electron chi connectivity index (χ3n) is 10.5. The highest BCUT2D eigenvalue weighted by molar-refractivity contribution is 7.18. The van der Waals surface area contributed by atoms with Crippen LogP contribution in [0.1, 0.15) is 63.5 Å². The Balaban J connectivity index is 0.863. The van der Waals surface area contributed by atoms with Crippen LogP contribution in [-0.2, 0) is 9.59 Å². The van der Waals surface area contributed by atoms with E-state index in [4.69, 9.17) is 9.97 Å². The highest BCUT2D eigenvalue weighted by Gasteiger charge is 2.30. The van der Waals surface area contributed by atoms with Crippen LogP contribution in [0.25, 0.3) is 27.5 Å². The molecule has 0 spiro atoms. The highest BCUT2D eigenvalue weighted by Crippen LogP contribution is 2.37. The maximum atomic E-state index is 12.3. The molecule has 54 heavy (non-hydrogen) atoms. The second-order valence-corrected chi connectivity index (χ2v) is 16.4. The van der Waals surface area contributed by atoms with E-state index in [9.17, 15) is 14.9 Å². The van der Waals surface area contributed by atoms with Crippen LogP contribution < -0.4 is 20.4 Å². The summed E-state index contributed by atoms with van der Waals surface area (Å²) >= 11 is 1.60. The van der Waals surface area contributed by atoms with Gasteiger partial charge in [-0.25, -0.2) is 9.50 Å². The van der Waals surface area contributed by atoms with Gasteiger partial charge in [-0.05, 0) is 81.8 Å². The molecule has 0 aromatic carbocycles. The summed E-state index contributed by atoms with van der Waals surface area (Å²) in [4.78, 5) is 40.6. The van der Waals surface area contributed by atoms with Crippen LogP contribution in [-0.4, -0.2) is 97.8 Å². The second kappa shape index (κ2) is 14.8. The Morgan fingerprint density at radius 2 is 1.74 bits per heavy atom. The minimum atomic E-state index is -0.305. The van der Waals surface area contributed by atoms with Crippen molar-refractivity contribution in [2.45, 2.75) is 57.9 Å². The topological polar surface area (TPSA) is 161 Å². The van der Waals surface area contributed by atoms with Gasteiger partial charge in [-0.2, -0.15) is 10.4 Å². The smallest absolute Gasteiger partial charge is 0.234 e. The zero-order chi connectivity index (χ0) is 37.4. The lowest BCUT2D eigenvalue weighted by Gasteiger charge is -2.39. The fourth-order valence-corrected chi connectivity index (χ4v) is 8.53. The minimum absolute atomic E-state index is 0.198. The van der Waals surface area contributed by atoms with Gasteiger partial charge in [-0.1, -0.05) is 17.4 Å². The first-order valence-electron chi connectivity index (χ1n) is 18.6. The molecule has 2 N–H and O–H groups in total. The standard InChI is InChI=1S/C39H44N12O2S/c1-39(2,3)45-31-19-32(33-7-5-28-18-26(20-40)21-43-51(28)33)41-23-30(31)37-46-47-38(54-37)50-16-14-48(15-17-50)24-25-10-12-49(13-11-25)34-8-4-27(22-42-34)29-6-9-35(52)44-36(29)53/h4-5,7-8,18-19,21-23,25,29H,6,9-17,24H2,1-3H3,(H,41,45)(H,44,52,53)/t29-/m0/s1. The van der Waals surface area contributed by atoms with Crippen molar-refractivity contribution in [2.24, 2.45) is 5.92 Å². The van der Waals surface area contributed by atoms with Gasteiger partial charge < -0.3 is 15.1 Å². The average molecular weight is 745 g/mol. The summed E-state index contributed by atoms with van der Waals surface area (Å²) in [6.07, 6.45) is 8.38. The lowest BCUT2D eigenvalue weighted by Crippen LogP contribution is -2.49. The summed E-state index contributed by atoms with van der Waals surface area (Å²) in [5.74, 6) is 0.863. The van der Waals surface area contributed by atoms with Gasteiger partial charge in [0.2, 0.25) is 16.9 Å². The Kier molecular flexibility index (Phi) is 9.72. The van der Waals surface area contributed by atoms with Gasteiger partial charge in [0.25, 0.3) is 0 Å². The molecule has 2 amide bonds. The van der Waals surface area contributed by atoms with Crippen molar-refractivity contribution < 1.29 is 9.59 Å². The molecule has 14 nitrogen and oxygen atoms in total. The van der Waals surface area contributed by atoms with Gasteiger partial charge in [0.15, 0.2) is 5.01 Å². The van der Waals surface area contributed by atoms with Gasteiger partial charge in [0.1, 0.15) is 11.9 Å². The van der Waals surface area contributed by atoms with Crippen LogP contribution in [0.4, 0.5) is 16.6 Å². The van der Waals surface area contributed by atoms with E-state index in [-0.39, 0.29) is 23.3 Å². The molecule has 0 bridgehead atoms. The summed E-state index contributed by atoms with van der Waals surface area (Å²) in [7, 11) is 0. The maximum Gasteiger partial charge on any atom is 0.234 e. The Morgan fingerprint density at radius 1 is 0.926 bits per heavy atom. The number of rotatable bonds is 8. The number of fused-ring (bicyclic) bond motifs is 1. The normalized spacial score (nSPS) is 18.9. The SMILES string of the molecule is CC(C)(C)Nc1cc(-c2ccc3cc(C#N)cnn23)ncc1-c1nnc(N2CCN(CC3CCN(c4ccc([C@@H]5CCC(=O)NC5=O)cn4)CC3)CC2)s1. The molecule has 8 heterocycles. The lowest BCUT2D eigenvalue weighted by molar-refractivity contribution is -0.134. The van der Waals surface area contributed by atoms with E-state index >= 15 is 0 Å².